The molecule has 0 aromatic rings. The molecule has 2 unspecified atom stereocenters. The lowest BCUT2D eigenvalue weighted by molar-refractivity contribution is -0.115. The molecule has 72 valence electrons. The van der Waals surface area contributed by atoms with Crippen LogP contribution in [0.15, 0.2) is 0 Å². The van der Waals surface area contributed by atoms with Crippen molar-refractivity contribution in [1.82, 2.24) is 0 Å². The van der Waals surface area contributed by atoms with E-state index in [2.05, 4.69) is 20.8 Å². The Morgan fingerprint density at radius 2 is 2.25 bits per heavy atom. The van der Waals surface area contributed by atoms with Crippen molar-refractivity contribution < 1.29 is 9.84 Å². The monoisotopic (exact) mass is 172 g/mol. The van der Waals surface area contributed by atoms with Crippen molar-refractivity contribution in [3.8, 4) is 0 Å². The van der Waals surface area contributed by atoms with Crippen LogP contribution in [0, 0.1) is 11.8 Å². The van der Waals surface area contributed by atoms with E-state index < -0.39 is 5.60 Å². The first-order valence-corrected chi connectivity index (χ1v) is 4.85. The van der Waals surface area contributed by atoms with Gasteiger partial charge in [-0.15, -0.1) is 0 Å². The van der Waals surface area contributed by atoms with Gasteiger partial charge in [0.25, 0.3) is 0 Å². The third-order valence-corrected chi connectivity index (χ3v) is 2.73. The van der Waals surface area contributed by atoms with Gasteiger partial charge in [-0.25, -0.2) is 0 Å². The van der Waals surface area contributed by atoms with Gasteiger partial charge in [-0.05, 0) is 18.8 Å². The second kappa shape index (κ2) is 3.75. The summed E-state index contributed by atoms with van der Waals surface area (Å²) in [5.74, 6) is 0.851. The highest BCUT2D eigenvalue weighted by atomic mass is 16.5. The molecule has 1 fully saturated rings. The molecule has 2 nitrogen and oxygen atoms in total. The van der Waals surface area contributed by atoms with Crippen LogP contribution in [0.4, 0.5) is 0 Å². The molecular weight excluding hydrogens is 152 g/mol. The van der Waals surface area contributed by atoms with Gasteiger partial charge in [-0.1, -0.05) is 20.8 Å². The standard InChI is InChI=1S/C10H20O2/c1-8(2)6-10(11)4-5-12-7-9(10)3/h8-9,11H,4-7H2,1-3H3. The van der Waals surface area contributed by atoms with Crippen LogP contribution in [-0.4, -0.2) is 23.9 Å². The van der Waals surface area contributed by atoms with Crippen LogP contribution in [0.25, 0.3) is 0 Å². The maximum Gasteiger partial charge on any atom is 0.0719 e. The molecule has 12 heavy (non-hydrogen) atoms. The number of hydrogen-bond donors (Lipinski definition) is 1. The SMILES string of the molecule is CC(C)CC1(O)CCOCC1C. The first kappa shape index (κ1) is 10.0. The summed E-state index contributed by atoms with van der Waals surface area (Å²) in [5.41, 5.74) is -0.466. The average molecular weight is 172 g/mol. The predicted molar refractivity (Wildman–Crippen MR) is 49.0 cm³/mol. The summed E-state index contributed by atoms with van der Waals surface area (Å²) < 4.78 is 5.30. The summed E-state index contributed by atoms with van der Waals surface area (Å²) in [4.78, 5) is 0. The molecule has 0 bridgehead atoms. The van der Waals surface area contributed by atoms with E-state index in [0.717, 1.165) is 12.8 Å². The van der Waals surface area contributed by atoms with Crippen molar-refractivity contribution in [2.45, 2.75) is 39.2 Å². The average Bonchev–Trinajstić information content (AvgIpc) is 1.94. The molecule has 1 saturated heterocycles. The van der Waals surface area contributed by atoms with Gasteiger partial charge in [0, 0.05) is 12.5 Å². The molecule has 1 N–H and O–H groups in total. The number of rotatable bonds is 2. The Morgan fingerprint density at radius 3 is 2.75 bits per heavy atom. The van der Waals surface area contributed by atoms with Crippen LogP contribution >= 0.6 is 0 Å². The van der Waals surface area contributed by atoms with E-state index in [4.69, 9.17) is 4.74 Å². The van der Waals surface area contributed by atoms with E-state index in [1.165, 1.54) is 0 Å². The Hall–Kier alpha value is -0.0800. The molecule has 1 heterocycles. The van der Waals surface area contributed by atoms with E-state index in [1.54, 1.807) is 0 Å². The van der Waals surface area contributed by atoms with Crippen molar-refractivity contribution in [2.75, 3.05) is 13.2 Å². The van der Waals surface area contributed by atoms with Crippen molar-refractivity contribution in [1.29, 1.82) is 0 Å². The lowest BCUT2D eigenvalue weighted by Crippen LogP contribution is -2.44. The van der Waals surface area contributed by atoms with Crippen LogP contribution < -0.4 is 0 Å². The molecule has 1 rings (SSSR count). The zero-order chi connectivity index (χ0) is 9.19. The molecule has 2 atom stereocenters. The molecular formula is C10H20O2. The van der Waals surface area contributed by atoms with Crippen LogP contribution in [0.1, 0.15) is 33.6 Å². The van der Waals surface area contributed by atoms with E-state index in [-0.39, 0.29) is 5.92 Å². The van der Waals surface area contributed by atoms with Crippen molar-refractivity contribution >= 4 is 0 Å². The predicted octanol–water partition coefficient (Wildman–Crippen LogP) is 1.82. The quantitative estimate of drug-likeness (QED) is 0.688. The number of aliphatic hydroxyl groups is 1. The van der Waals surface area contributed by atoms with Crippen molar-refractivity contribution in [3.05, 3.63) is 0 Å². The summed E-state index contributed by atoms with van der Waals surface area (Å²) >= 11 is 0. The zero-order valence-electron chi connectivity index (χ0n) is 8.34. The summed E-state index contributed by atoms with van der Waals surface area (Å²) in [6.07, 6.45) is 1.70. The first-order chi connectivity index (χ1) is 5.54. The normalized spacial score (nSPS) is 37.2. The van der Waals surface area contributed by atoms with E-state index in [1.807, 2.05) is 0 Å². The van der Waals surface area contributed by atoms with Crippen molar-refractivity contribution in [2.24, 2.45) is 11.8 Å². The Bertz CT molecular complexity index is 145. The second-order valence-corrected chi connectivity index (χ2v) is 4.43. The first-order valence-electron chi connectivity index (χ1n) is 4.85. The fourth-order valence-corrected chi connectivity index (χ4v) is 1.92. The lowest BCUT2D eigenvalue weighted by Gasteiger charge is -2.39. The second-order valence-electron chi connectivity index (χ2n) is 4.43. The highest BCUT2D eigenvalue weighted by Crippen LogP contribution is 2.32. The van der Waals surface area contributed by atoms with Crippen LogP contribution in [0.2, 0.25) is 0 Å². The lowest BCUT2D eigenvalue weighted by atomic mass is 9.79. The van der Waals surface area contributed by atoms with Crippen LogP contribution in [0.5, 0.6) is 0 Å². The van der Waals surface area contributed by atoms with E-state index in [0.29, 0.717) is 19.1 Å². The topological polar surface area (TPSA) is 29.5 Å². The highest BCUT2D eigenvalue weighted by molar-refractivity contribution is 4.87. The molecule has 0 radical (unpaired) electrons. The Balaban J connectivity index is 2.53. The Labute approximate surface area is 74.9 Å². The Kier molecular flexibility index (Phi) is 3.13. The third-order valence-electron chi connectivity index (χ3n) is 2.73. The minimum atomic E-state index is -0.466. The highest BCUT2D eigenvalue weighted by Gasteiger charge is 2.36. The summed E-state index contributed by atoms with van der Waals surface area (Å²) in [7, 11) is 0. The molecule has 0 aliphatic carbocycles. The van der Waals surface area contributed by atoms with Gasteiger partial charge in [0.05, 0.1) is 12.2 Å². The van der Waals surface area contributed by atoms with E-state index in [9.17, 15) is 5.11 Å². The van der Waals surface area contributed by atoms with Gasteiger partial charge >= 0.3 is 0 Å². The zero-order valence-corrected chi connectivity index (χ0v) is 8.34. The van der Waals surface area contributed by atoms with Crippen molar-refractivity contribution in [3.63, 3.8) is 0 Å². The Morgan fingerprint density at radius 1 is 1.58 bits per heavy atom. The minimum absolute atomic E-state index is 0.286. The van der Waals surface area contributed by atoms with Crippen LogP contribution in [0.3, 0.4) is 0 Å². The van der Waals surface area contributed by atoms with Gasteiger partial charge in [-0.2, -0.15) is 0 Å². The van der Waals surface area contributed by atoms with Gasteiger partial charge in [0.1, 0.15) is 0 Å². The molecule has 0 saturated carbocycles. The molecule has 1 aliphatic heterocycles. The minimum Gasteiger partial charge on any atom is -0.389 e. The molecule has 1 aliphatic rings. The summed E-state index contributed by atoms with van der Waals surface area (Å²) in [6, 6.07) is 0. The molecule has 0 amide bonds. The fraction of sp³-hybridized carbons (Fsp3) is 1.00. The third kappa shape index (κ3) is 2.20. The molecule has 0 spiro atoms. The summed E-state index contributed by atoms with van der Waals surface area (Å²) in [5, 5.41) is 10.2. The van der Waals surface area contributed by atoms with Gasteiger partial charge in [0.2, 0.25) is 0 Å². The number of hydrogen-bond acceptors (Lipinski definition) is 2. The largest absolute Gasteiger partial charge is 0.389 e. The maximum atomic E-state index is 10.2. The smallest absolute Gasteiger partial charge is 0.0719 e. The van der Waals surface area contributed by atoms with Gasteiger partial charge in [0.15, 0.2) is 0 Å². The van der Waals surface area contributed by atoms with Crippen LogP contribution in [-0.2, 0) is 4.74 Å². The molecule has 2 heteroatoms. The molecule has 0 aromatic heterocycles. The fourth-order valence-electron chi connectivity index (χ4n) is 1.92. The number of ether oxygens (including phenoxy) is 1. The summed E-state index contributed by atoms with van der Waals surface area (Å²) in [6.45, 7) is 7.80. The van der Waals surface area contributed by atoms with E-state index >= 15 is 0 Å². The van der Waals surface area contributed by atoms with Gasteiger partial charge in [-0.3, -0.25) is 0 Å². The van der Waals surface area contributed by atoms with Gasteiger partial charge < -0.3 is 9.84 Å². The maximum absolute atomic E-state index is 10.2. The molecule has 0 aromatic carbocycles.